The maximum Gasteiger partial charge on any atom is 0.186 e. The van der Waals surface area contributed by atoms with E-state index in [0.29, 0.717) is 5.92 Å². The van der Waals surface area contributed by atoms with Crippen molar-refractivity contribution in [3.63, 3.8) is 0 Å². The normalized spacial score (nSPS) is 12.5. The summed E-state index contributed by atoms with van der Waals surface area (Å²) < 4.78 is 5.87. The highest BCUT2D eigenvalue weighted by Gasteiger charge is 2.20. The van der Waals surface area contributed by atoms with E-state index in [-0.39, 0.29) is 0 Å². The first-order valence-corrected chi connectivity index (χ1v) is 7.73. The van der Waals surface area contributed by atoms with E-state index < -0.39 is 8.32 Å². The molecule has 0 aromatic carbocycles. The first-order chi connectivity index (χ1) is 4.98. The highest BCUT2D eigenvalue weighted by molar-refractivity contribution is 6.71. The Bertz CT molecular complexity index is 99.7. The molecule has 0 spiro atoms. The lowest BCUT2D eigenvalue weighted by Crippen LogP contribution is -2.31. The van der Waals surface area contributed by atoms with E-state index in [1.54, 1.807) is 0 Å². The Morgan fingerprint density at radius 1 is 1.27 bits per heavy atom. The Labute approximate surface area is 72.3 Å². The van der Waals surface area contributed by atoms with Gasteiger partial charge in [-0.2, -0.15) is 0 Å². The quantitative estimate of drug-likeness (QED) is 0.581. The van der Waals surface area contributed by atoms with Crippen LogP contribution in [0.15, 0.2) is 0 Å². The molecule has 0 saturated carbocycles. The average Bonchev–Trinajstić information content (AvgIpc) is 1.84. The lowest BCUT2D eigenvalue weighted by Gasteiger charge is -2.23. The number of hydrogen-bond donors (Lipinski definition) is 0. The van der Waals surface area contributed by atoms with Gasteiger partial charge in [-0.15, -0.1) is 0 Å². The van der Waals surface area contributed by atoms with E-state index in [2.05, 4.69) is 33.9 Å². The van der Waals surface area contributed by atoms with Crippen LogP contribution in [-0.2, 0) is 4.43 Å². The molecular weight excluding hydrogens is 152 g/mol. The molecule has 0 aliphatic heterocycles. The predicted octanol–water partition coefficient (Wildman–Crippen LogP) is 3.27. The van der Waals surface area contributed by atoms with Crippen molar-refractivity contribution in [3.05, 3.63) is 0 Å². The van der Waals surface area contributed by atoms with Gasteiger partial charge in [0.25, 0.3) is 0 Å². The predicted molar refractivity (Wildman–Crippen MR) is 53.4 cm³/mol. The third kappa shape index (κ3) is 6.57. The second-order valence-electron chi connectivity index (χ2n) is 4.21. The molecule has 0 atom stereocenters. The van der Waals surface area contributed by atoms with Crippen LogP contribution >= 0.6 is 0 Å². The van der Waals surface area contributed by atoms with Crippen LogP contribution in [0.4, 0.5) is 0 Å². The molecule has 0 N–H and O–H groups in total. The van der Waals surface area contributed by atoms with Gasteiger partial charge in [0.2, 0.25) is 0 Å². The van der Waals surface area contributed by atoms with Crippen molar-refractivity contribution >= 4 is 8.32 Å². The van der Waals surface area contributed by atoms with E-state index in [0.717, 1.165) is 6.61 Å². The zero-order valence-corrected chi connectivity index (χ0v) is 9.61. The minimum Gasteiger partial charge on any atom is -0.417 e. The Hall–Kier alpha value is 0.177. The molecule has 0 fully saturated rings. The van der Waals surface area contributed by atoms with Crippen LogP contribution in [0.2, 0.25) is 19.1 Å². The fraction of sp³-hybridized carbons (Fsp3) is 1.00. The van der Waals surface area contributed by atoms with Crippen molar-refractivity contribution in [2.75, 3.05) is 6.61 Å². The minimum absolute atomic E-state index is 0.679. The summed E-state index contributed by atoms with van der Waals surface area (Å²) in [5, 5.41) is 0. The minimum atomic E-state index is -1.27. The van der Waals surface area contributed by atoms with Gasteiger partial charge in [0.05, 0.1) is 0 Å². The molecule has 0 aromatic heterocycles. The highest BCUT2D eigenvalue weighted by atomic mass is 28.4. The van der Waals surface area contributed by atoms with Gasteiger partial charge in [-0.1, -0.05) is 27.2 Å². The van der Waals surface area contributed by atoms with E-state index >= 15 is 0 Å². The SMILES string of the molecule is CCC[Si](C)(C)OCC(C)C. The number of hydrogen-bond acceptors (Lipinski definition) is 1. The lowest BCUT2D eigenvalue weighted by atomic mass is 10.2. The molecule has 2 heteroatoms. The molecule has 0 aromatic rings. The lowest BCUT2D eigenvalue weighted by molar-refractivity contribution is 0.260. The average molecular weight is 174 g/mol. The van der Waals surface area contributed by atoms with Crippen LogP contribution in [0.25, 0.3) is 0 Å². The molecule has 0 rings (SSSR count). The van der Waals surface area contributed by atoms with E-state index in [9.17, 15) is 0 Å². The largest absolute Gasteiger partial charge is 0.417 e. The standard InChI is InChI=1S/C9H22OSi/c1-6-7-11(4,5)10-8-9(2)3/h9H,6-8H2,1-5H3. The maximum atomic E-state index is 5.87. The Kier molecular flexibility index (Phi) is 5.02. The molecule has 0 heterocycles. The highest BCUT2D eigenvalue weighted by Crippen LogP contribution is 2.14. The smallest absolute Gasteiger partial charge is 0.186 e. The molecule has 0 aliphatic carbocycles. The molecule has 68 valence electrons. The fourth-order valence-corrected chi connectivity index (χ4v) is 3.20. The maximum absolute atomic E-state index is 5.87. The van der Waals surface area contributed by atoms with Crippen LogP contribution in [0, 0.1) is 5.92 Å². The van der Waals surface area contributed by atoms with Gasteiger partial charge in [0.15, 0.2) is 8.32 Å². The summed E-state index contributed by atoms with van der Waals surface area (Å²) in [6.45, 7) is 12.2. The molecule has 0 unspecified atom stereocenters. The van der Waals surface area contributed by atoms with Crippen LogP contribution in [0.5, 0.6) is 0 Å². The summed E-state index contributed by atoms with van der Waals surface area (Å²) >= 11 is 0. The molecule has 0 amide bonds. The zero-order chi connectivity index (χ0) is 8.91. The van der Waals surface area contributed by atoms with Crippen molar-refractivity contribution < 1.29 is 4.43 Å². The summed E-state index contributed by atoms with van der Waals surface area (Å²) in [7, 11) is -1.27. The van der Waals surface area contributed by atoms with Gasteiger partial charge < -0.3 is 4.43 Å². The molecule has 0 saturated heterocycles. The monoisotopic (exact) mass is 174 g/mol. The Morgan fingerprint density at radius 2 is 1.82 bits per heavy atom. The summed E-state index contributed by atoms with van der Waals surface area (Å²) in [5.74, 6) is 0.679. The Morgan fingerprint density at radius 3 is 2.18 bits per heavy atom. The molecule has 0 radical (unpaired) electrons. The van der Waals surface area contributed by atoms with Gasteiger partial charge in [0, 0.05) is 6.61 Å². The molecule has 0 bridgehead atoms. The summed E-state index contributed by atoms with van der Waals surface area (Å²) in [6.07, 6.45) is 1.26. The van der Waals surface area contributed by atoms with Crippen molar-refractivity contribution in [1.29, 1.82) is 0 Å². The molecular formula is C9H22OSi. The molecule has 11 heavy (non-hydrogen) atoms. The van der Waals surface area contributed by atoms with E-state index in [4.69, 9.17) is 4.43 Å². The van der Waals surface area contributed by atoms with Crippen molar-refractivity contribution in [2.45, 2.75) is 46.3 Å². The second kappa shape index (κ2) is 4.94. The van der Waals surface area contributed by atoms with Crippen LogP contribution in [-0.4, -0.2) is 14.9 Å². The van der Waals surface area contributed by atoms with E-state index in [1.165, 1.54) is 12.5 Å². The van der Waals surface area contributed by atoms with Crippen LogP contribution in [0.1, 0.15) is 27.2 Å². The fourth-order valence-electron chi connectivity index (χ4n) is 1.07. The zero-order valence-electron chi connectivity index (χ0n) is 8.61. The summed E-state index contributed by atoms with van der Waals surface area (Å²) in [5.41, 5.74) is 0. The third-order valence-electron chi connectivity index (χ3n) is 1.66. The van der Waals surface area contributed by atoms with Crippen LogP contribution < -0.4 is 0 Å². The topological polar surface area (TPSA) is 9.23 Å². The number of rotatable bonds is 5. The Balaban J connectivity index is 3.54. The second-order valence-corrected chi connectivity index (χ2v) is 8.52. The van der Waals surface area contributed by atoms with E-state index in [1.807, 2.05) is 0 Å². The summed E-state index contributed by atoms with van der Waals surface area (Å²) in [6, 6.07) is 1.29. The van der Waals surface area contributed by atoms with Crippen LogP contribution in [0.3, 0.4) is 0 Å². The van der Waals surface area contributed by atoms with Crippen molar-refractivity contribution in [2.24, 2.45) is 5.92 Å². The molecule has 1 nitrogen and oxygen atoms in total. The van der Waals surface area contributed by atoms with Crippen molar-refractivity contribution in [3.8, 4) is 0 Å². The molecule has 0 aliphatic rings. The van der Waals surface area contributed by atoms with Gasteiger partial charge in [-0.3, -0.25) is 0 Å². The van der Waals surface area contributed by atoms with Gasteiger partial charge in [-0.05, 0) is 25.1 Å². The summed E-state index contributed by atoms with van der Waals surface area (Å²) in [4.78, 5) is 0. The van der Waals surface area contributed by atoms with Gasteiger partial charge in [-0.25, -0.2) is 0 Å². The first kappa shape index (κ1) is 11.2. The van der Waals surface area contributed by atoms with Gasteiger partial charge >= 0.3 is 0 Å². The first-order valence-electron chi connectivity index (χ1n) is 4.62. The third-order valence-corrected chi connectivity index (χ3v) is 4.31. The van der Waals surface area contributed by atoms with Gasteiger partial charge in [0.1, 0.15) is 0 Å². The van der Waals surface area contributed by atoms with Crippen molar-refractivity contribution in [1.82, 2.24) is 0 Å².